The number of rotatable bonds is 6. The van der Waals surface area contributed by atoms with Crippen molar-refractivity contribution in [3.63, 3.8) is 0 Å². The molecule has 0 atom stereocenters. The zero-order chi connectivity index (χ0) is 16.1. The van der Waals surface area contributed by atoms with Crippen LogP contribution in [0.15, 0.2) is 42.6 Å². The number of H-pyrrole nitrogens is 1. The van der Waals surface area contributed by atoms with E-state index in [4.69, 9.17) is 0 Å². The van der Waals surface area contributed by atoms with Crippen LogP contribution in [-0.2, 0) is 17.6 Å². The van der Waals surface area contributed by atoms with Crippen LogP contribution in [0.3, 0.4) is 0 Å². The molecule has 1 amide bonds. The van der Waals surface area contributed by atoms with Gasteiger partial charge in [-0.05, 0) is 36.2 Å². The zero-order valence-electron chi connectivity index (χ0n) is 12.6. The van der Waals surface area contributed by atoms with Crippen LogP contribution < -0.4 is 5.32 Å². The van der Waals surface area contributed by atoms with Crippen molar-refractivity contribution in [1.82, 2.24) is 20.3 Å². The van der Waals surface area contributed by atoms with Crippen molar-refractivity contribution in [2.75, 3.05) is 6.54 Å². The van der Waals surface area contributed by atoms with Gasteiger partial charge in [0.1, 0.15) is 11.6 Å². The lowest BCUT2D eigenvalue weighted by atomic mass is 10.1. The number of hydrogen-bond acceptors (Lipinski definition) is 4. The van der Waals surface area contributed by atoms with E-state index in [0.29, 0.717) is 25.0 Å². The summed E-state index contributed by atoms with van der Waals surface area (Å²) in [4.78, 5) is 23.5. The summed E-state index contributed by atoms with van der Waals surface area (Å²) in [6, 6.07) is 10.8. The Kier molecular flexibility index (Phi) is 4.52. The molecule has 3 aromatic rings. The molecule has 0 aliphatic heterocycles. The number of phenolic OH excluding ortho intramolecular Hbond substituents is 1. The van der Waals surface area contributed by atoms with Gasteiger partial charge in [0.25, 0.3) is 0 Å². The Labute approximate surface area is 133 Å². The average Bonchev–Trinajstić information content (AvgIpc) is 2.98. The molecule has 0 bridgehead atoms. The number of carbonyl (C=O) groups is 1. The number of hydrogen-bond donors (Lipinski definition) is 3. The van der Waals surface area contributed by atoms with Gasteiger partial charge in [-0.15, -0.1) is 0 Å². The van der Waals surface area contributed by atoms with Gasteiger partial charge in [0, 0.05) is 25.6 Å². The highest BCUT2D eigenvalue weighted by Gasteiger charge is 2.06. The number of aromatic hydroxyl groups is 1. The molecule has 2 aromatic heterocycles. The topological polar surface area (TPSA) is 90.9 Å². The molecular formula is C17H18N4O2. The van der Waals surface area contributed by atoms with E-state index in [9.17, 15) is 9.90 Å². The molecule has 0 unspecified atom stereocenters. The second-order valence-electron chi connectivity index (χ2n) is 5.32. The number of amides is 1. The molecule has 0 saturated carbocycles. The second-order valence-corrected chi connectivity index (χ2v) is 5.32. The first-order valence-electron chi connectivity index (χ1n) is 7.55. The Morgan fingerprint density at radius 3 is 2.78 bits per heavy atom. The highest BCUT2D eigenvalue weighted by atomic mass is 16.3. The lowest BCUT2D eigenvalue weighted by molar-refractivity contribution is -0.121. The van der Waals surface area contributed by atoms with Crippen LogP contribution in [-0.4, -0.2) is 32.5 Å². The van der Waals surface area contributed by atoms with Crippen LogP contribution >= 0.6 is 0 Å². The van der Waals surface area contributed by atoms with Crippen molar-refractivity contribution < 1.29 is 9.90 Å². The molecule has 0 saturated heterocycles. The second kappa shape index (κ2) is 6.91. The van der Waals surface area contributed by atoms with Crippen LogP contribution in [0.1, 0.15) is 17.8 Å². The van der Waals surface area contributed by atoms with Crippen molar-refractivity contribution in [3.05, 3.63) is 54.0 Å². The van der Waals surface area contributed by atoms with Gasteiger partial charge in [-0.25, -0.2) is 9.97 Å². The lowest BCUT2D eigenvalue weighted by Gasteiger charge is -2.05. The van der Waals surface area contributed by atoms with Gasteiger partial charge in [0.05, 0.1) is 5.52 Å². The van der Waals surface area contributed by atoms with Gasteiger partial charge < -0.3 is 15.4 Å². The van der Waals surface area contributed by atoms with Crippen molar-refractivity contribution in [2.24, 2.45) is 0 Å². The van der Waals surface area contributed by atoms with Crippen LogP contribution in [0.4, 0.5) is 0 Å². The number of pyridine rings is 1. The van der Waals surface area contributed by atoms with Gasteiger partial charge in [-0.2, -0.15) is 0 Å². The van der Waals surface area contributed by atoms with E-state index in [1.165, 1.54) is 0 Å². The van der Waals surface area contributed by atoms with E-state index >= 15 is 0 Å². The first kappa shape index (κ1) is 15.0. The number of nitrogens with zero attached hydrogens (tertiary/aromatic N) is 2. The number of imidazole rings is 1. The summed E-state index contributed by atoms with van der Waals surface area (Å²) in [5.74, 6) is 1.02. The quantitative estimate of drug-likeness (QED) is 0.649. The molecule has 0 fully saturated rings. The van der Waals surface area contributed by atoms with E-state index in [1.54, 1.807) is 18.3 Å². The van der Waals surface area contributed by atoms with Gasteiger partial charge in [-0.3, -0.25) is 4.79 Å². The molecule has 1 aromatic carbocycles. The van der Waals surface area contributed by atoms with E-state index < -0.39 is 0 Å². The van der Waals surface area contributed by atoms with E-state index in [1.807, 2.05) is 24.3 Å². The van der Waals surface area contributed by atoms with Crippen molar-refractivity contribution in [1.29, 1.82) is 0 Å². The maximum Gasteiger partial charge on any atom is 0.220 e. The number of aromatic nitrogens is 3. The third-order valence-corrected chi connectivity index (χ3v) is 3.57. The Balaban J connectivity index is 1.43. The summed E-state index contributed by atoms with van der Waals surface area (Å²) in [6.45, 7) is 0.575. The zero-order valence-corrected chi connectivity index (χ0v) is 12.6. The number of carbonyl (C=O) groups excluding carboxylic acids is 1. The molecule has 23 heavy (non-hydrogen) atoms. The van der Waals surface area contributed by atoms with Gasteiger partial charge in [0.2, 0.25) is 5.91 Å². The molecule has 3 rings (SSSR count). The van der Waals surface area contributed by atoms with Crippen LogP contribution in [0.2, 0.25) is 0 Å². The SMILES string of the molecule is O=C(CCc1nc2ncccc2[nH]1)NCCc1ccc(O)cc1. The molecular weight excluding hydrogens is 292 g/mol. The number of fused-ring (bicyclic) bond motifs is 1. The Morgan fingerprint density at radius 2 is 2.00 bits per heavy atom. The number of phenols is 1. The third-order valence-electron chi connectivity index (χ3n) is 3.57. The summed E-state index contributed by atoms with van der Waals surface area (Å²) >= 11 is 0. The van der Waals surface area contributed by atoms with Crippen LogP contribution in [0.5, 0.6) is 5.75 Å². The third kappa shape index (κ3) is 4.06. The largest absolute Gasteiger partial charge is 0.508 e. The van der Waals surface area contributed by atoms with Crippen molar-refractivity contribution in [2.45, 2.75) is 19.3 Å². The lowest BCUT2D eigenvalue weighted by Crippen LogP contribution is -2.25. The molecule has 0 aliphatic rings. The molecule has 0 aliphatic carbocycles. The maximum atomic E-state index is 11.9. The smallest absolute Gasteiger partial charge is 0.220 e. The van der Waals surface area contributed by atoms with Gasteiger partial charge >= 0.3 is 0 Å². The summed E-state index contributed by atoms with van der Waals surface area (Å²) in [5, 5.41) is 12.1. The fourth-order valence-electron chi connectivity index (χ4n) is 2.34. The maximum absolute atomic E-state index is 11.9. The molecule has 0 radical (unpaired) electrons. The highest BCUT2D eigenvalue weighted by molar-refractivity contribution is 5.76. The first-order chi connectivity index (χ1) is 11.2. The predicted molar refractivity (Wildman–Crippen MR) is 87.0 cm³/mol. The van der Waals surface area contributed by atoms with E-state index in [0.717, 1.165) is 23.3 Å². The summed E-state index contributed by atoms with van der Waals surface area (Å²) in [5.41, 5.74) is 2.64. The molecule has 3 N–H and O–H groups in total. The average molecular weight is 310 g/mol. The van der Waals surface area contributed by atoms with Crippen LogP contribution in [0, 0.1) is 0 Å². The molecule has 0 spiro atoms. The standard InChI is InChI=1S/C17H18N4O2/c22-13-5-3-12(4-6-13)9-11-18-16(23)8-7-15-20-14-2-1-10-19-17(14)21-15/h1-6,10,22H,7-9,11H2,(H,18,23)(H,19,20,21). The fraction of sp³-hybridized carbons (Fsp3) is 0.235. The Bertz CT molecular complexity index is 763. The number of nitrogens with one attached hydrogen (secondary N) is 2. The minimum Gasteiger partial charge on any atom is -0.508 e. The van der Waals surface area contributed by atoms with Crippen molar-refractivity contribution >= 4 is 17.1 Å². The number of aryl methyl sites for hydroxylation is 1. The van der Waals surface area contributed by atoms with E-state index in [-0.39, 0.29) is 11.7 Å². The molecule has 118 valence electrons. The summed E-state index contributed by atoms with van der Waals surface area (Å²) < 4.78 is 0. The Morgan fingerprint density at radius 1 is 1.17 bits per heavy atom. The van der Waals surface area contributed by atoms with E-state index in [2.05, 4.69) is 20.3 Å². The molecule has 6 heteroatoms. The summed E-state index contributed by atoms with van der Waals surface area (Å²) in [6.07, 6.45) is 3.38. The number of aromatic amines is 1. The van der Waals surface area contributed by atoms with Gasteiger partial charge in [0.15, 0.2) is 5.65 Å². The monoisotopic (exact) mass is 310 g/mol. The number of benzene rings is 1. The van der Waals surface area contributed by atoms with Crippen LogP contribution in [0.25, 0.3) is 11.2 Å². The minimum atomic E-state index is -0.00260. The van der Waals surface area contributed by atoms with Gasteiger partial charge in [-0.1, -0.05) is 12.1 Å². The first-order valence-corrected chi connectivity index (χ1v) is 7.55. The summed E-state index contributed by atoms with van der Waals surface area (Å²) in [7, 11) is 0. The normalized spacial score (nSPS) is 10.8. The fourth-order valence-corrected chi connectivity index (χ4v) is 2.34. The Hall–Kier alpha value is -2.89. The molecule has 2 heterocycles. The van der Waals surface area contributed by atoms with Crippen molar-refractivity contribution in [3.8, 4) is 5.75 Å². The minimum absolute atomic E-state index is 0.00260. The molecule has 6 nitrogen and oxygen atoms in total. The predicted octanol–water partition coefficient (Wildman–Crippen LogP) is 1.95. The highest BCUT2D eigenvalue weighted by Crippen LogP contribution is 2.10.